The highest BCUT2D eigenvalue weighted by atomic mass is 16.7. The molecule has 76 heavy (non-hydrogen) atoms. The summed E-state index contributed by atoms with van der Waals surface area (Å²) in [6.07, 6.45) is 48.6. The minimum Gasteiger partial charge on any atom is -0.457 e. The Kier molecular flexibility index (Phi) is 43.1. The lowest BCUT2D eigenvalue weighted by atomic mass is 9.98. The largest absolute Gasteiger partial charge is 0.457 e. The number of ether oxygens (including phenoxy) is 6. The monoisotopic (exact) mass is 1070 g/mol. The number of allylic oxidation sites excluding steroid dienone is 18. The fourth-order valence-corrected chi connectivity index (χ4v) is 8.35. The minimum absolute atomic E-state index is 0.0331. The Bertz CT molecular complexity index is 1670. The second kappa shape index (κ2) is 47.6. The highest BCUT2D eigenvalue weighted by Crippen LogP contribution is 2.26. The van der Waals surface area contributed by atoms with Gasteiger partial charge < -0.3 is 64.2 Å². The molecule has 0 aliphatic carbocycles. The van der Waals surface area contributed by atoms with Crippen molar-refractivity contribution in [2.75, 3.05) is 33.0 Å². The van der Waals surface area contributed by atoms with Crippen LogP contribution in [0.25, 0.3) is 0 Å². The van der Waals surface area contributed by atoms with Crippen molar-refractivity contribution in [3.8, 4) is 0 Å². The molecule has 11 atom stereocenters. The van der Waals surface area contributed by atoms with E-state index in [1.165, 1.54) is 44.9 Å². The first-order valence-corrected chi connectivity index (χ1v) is 29.0. The molecule has 0 aromatic rings. The van der Waals surface area contributed by atoms with Gasteiger partial charge in [-0.25, -0.2) is 0 Å². The summed E-state index contributed by atoms with van der Waals surface area (Å²) in [5.41, 5.74) is 0. The van der Waals surface area contributed by atoms with Crippen LogP contribution in [-0.2, 0) is 33.2 Å². The van der Waals surface area contributed by atoms with E-state index in [4.69, 9.17) is 28.4 Å². The van der Waals surface area contributed by atoms with Crippen molar-refractivity contribution >= 4 is 5.97 Å². The first kappa shape index (κ1) is 68.8. The molecule has 0 radical (unpaired) electrons. The molecule has 2 saturated heterocycles. The summed E-state index contributed by atoms with van der Waals surface area (Å²) >= 11 is 0. The second-order valence-electron chi connectivity index (χ2n) is 19.7. The van der Waals surface area contributed by atoms with Gasteiger partial charge in [0.1, 0.15) is 54.9 Å². The Morgan fingerprint density at radius 1 is 0.447 bits per heavy atom. The van der Waals surface area contributed by atoms with Gasteiger partial charge in [0, 0.05) is 13.0 Å². The van der Waals surface area contributed by atoms with Gasteiger partial charge >= 0.3 is 5.97 Å². The van der Waals surface area contributed by atoms with Gasteiger partial charge in [0.25, 0.3) is 0 Å². The smallest absolute Gasteiger partial charge is 0.306 e. The highest BCUT2D eigenvalue weighted by Gasteiger charge is 2.47. The maximum Gasteiger partial charge on any atom is 0.306 e. The van der Waals surface area contributed by atoms with Crippen LogP contribution in [0.4, 0.5) is 0 Å². The number of esters is 1. The Hall–Kier alpha value is -3.35. The molecule has 0 bridgehead atoms. The van der Waals surface area contributed by atoms with E-state index in [1.54, 1.807) is 0 Å². The van der Waals surface area contributed by atoms with Gasteiger partial charge in [-0.05, 0) is 103 Å². The zero-order chi connectivity index (χ0) is 55.1. The number of carbonyl (C=O) groups is 1. The molecular weight excluding hydrogens is 969 g/mol. The van der Waals surface area contributed by atoms with Crippen molar-refractivity contribution in [3.05, 3.63) is 109 Å². The summed E-state index contributed by atoms with van der Waals surface area (Å²) in [4.78, 5) is 13.1. The van der Waals surface area contributed by atoms with E-state index in [1.807, 2.05) is 0 Å². The average Bonchev–Trinajstić information content (AvgIpc) is 3.42. The molecule has 14 heteroatoms. The maximum absolute atomic E-state index is 13.1. The molecule has 0 spiro atoms. The number of aliphatic hydroxyl groups excluding tert-OH is 7. The molecule has 0 aromatic carbocycles. The third-order valence-corrected chi connectivity index (χ3v) is 13.0. The number of carbonyl (C=O) groups excluding carboxylic acids is 1. The minimum atomic E-state index is -1.72. The van der Waals surface area contributed by atoms with Crippen LogP contribution in [0.1, 0.15) is 174 Å². The molecule has 434 valence electrons. The van der Waals surface area contributed by atoms with Gasteiger partial charge in [0.2, 0.25) is 0 Å². The van der Waals surface area contributed by atoms with E-state index in [0.717, 1.165) is 103 Å². The summed E-state index contributed by atoms with van der Waals surface area (Å²) in [5, 5.41) is 72.3. The Balaban J connectivity index is 1.75. The third-order valence-electron chi connectivity index (χ3n) is 13.0. The van der Waals surface area contributed by atoms with Crippen LogP contribution < -0.4 is 0 Å². The predicted molar refractivity (Wildman–Crippen MR) is 302 cm³/mol. The molecule has 2 fully saturated rings. The zero-order valence-electron chi connectivity index (χ0n) is 46.4. The van der Waals surface area contributed by atoms with Crippen molar-refractivity contribution in [2.24, 2.45) is 0 Å². The van der Waals surface area contributed by atoms with Crippen LogP contribution in [-0.4, -0.2) is 142 Å². The fraction of sp³-hybridized carbons (Fsp3) is 0.694. The van der Waals surface area contributed by atoms with E-state index in [0.29, 0.717) is 13.0 Å². The van der Waals surface area contributed by atoms with E-state index in [2.05, 4.69) is 123 Å². The molecule has 2 heterocycles. The normalized spacial score (nSPS) is 25.3. The topological polar surface area (TPSA) is 214 Å². The Labute approximate surface area is 457 Å². The highest BCUT2D eigenvalue weighted by molar-refractivity contribution is 5.69. The summed E-state index contributed by atoms with van der Waals surface area (Å²) in [5.74, 6) is -0.416. The van der Waals surface area contributed by atoms with Gasteiger partial charge in [-0.1, -0.05) is 175 Å². The van der Waals surface area contributed by atoms with E-state index >= 15 is 0 Å². The number of hydrogen-bond acceptors (Lipinski definition) is 14. The summed E-state index contributed by atoms with van der Waals surface area (Å²) in [6.45, 7) is 3.47. The van der Waals surface area contributed by atoms with Crippen molar-refractivity contribution in [2.45, 2.75) is 242 Å². The molecule has 11 unspecified atom stereocenters. The van der Waals surface area contributed by atoms with Crippen molar-refractivity contribution in [1.82, 2.24) is 0 Å². The Morgan fingerprint density at radius 2 is 0.855 bits per heavy atom. The van der Waals surface area contributed by atoms with Crippen LogP contribution in [0.15, 0.2) is 109 Å². The SMILES string of the molecule is CC/C=C\C/C=C\C/C=C\C/C=C\C/C=C\C/C=C\C/C=C\CCCCCC(=O)OC(COCCCCCCCC/C=C\C/C=C\CCCCCC)COC1OC(COC2OC(CO)C(O)C(O)C2O)C(O)C(O)C1O. The summed E-state index contributed by atoms with van der Waals surface area (Å²) < 4.78 is 34.3. The molecule has 7 N–H and O–H groups in total. The lowest BCUT2D eigenvalue weighted by Gasteiger charge is -2.42. The number of hydrogen-bond donors (Lipinski definition) is 7. The fourth-order valence-electron chi connectivity index (χ4n) is 8.35. The lowest BCUT2D eigenvalue weighted by Crippen LogP contribution is -2.61. The quantitative estimate of drug-likeness (QED) is 0.0172. The lowest BCUT2D eigenvalue weighted by molar-refractivity contribution is -0.332. The zero-order valence-corrected chi connectivity index (χ0v) is 46.4. The van der Waals surface area contributed by atoms with Gasteiger partial charge in [-0.3, -0.25) is 4.79 Å². The maximum atomic E-state index is 13.1. The van der Waals surface area contributed by atoms with Crippen LogP contribution in [0, 0.1) is 0 Å². The first-order valence-electron chi connectivity index (χ1n) is 29.0. The standard InChI is InChI=1S/C62H102O14/c1-3-5-7-9-11-13-15-17-19-21-22-23-24-25-26-27-28-29-31-33-35-37-39-41-43-45-54(64)74-51(48-71-46-44-42-40-38-36-34-32-30-20-18-16-14-12-10-8-6-4-2)49-72-61-60(70)58(68)56(66)53(76-61)50-73-62-59(69)57(67)55(65)52(47-63)75-62/h5,7,11,13-14,16-17,19-20,22-23,25-26,28-30,33,35,51-53,55-63,65-70H,3-4,6,8-10,12,15,18,21,24,27,31-32,34,36-50H2,1-2H3/b7-5-,13-11-,16-14-,19-17-,23-22-,26-25-,29-28-,30-20-,35-33-. The molecular formula is C62H102O14. The van der Waals surface area contributed by atoms with Crippen LogP contribution >= 0.6 is 0 Å². The van der Waals surface area contributed by atoms with Crippen molar-refractivity contribution in [1.29, 1.82) is 0 Å². The predicted octanol–water partition coefficient (Wildman–Crippen LogP) is 10.4. The van der Waals surface area contributed by atoms with Gasteiger partial charge in [0.05, 0.1) is 26.4 Å². The third kappa shape index (κ3) is 33.8. The molecule has 2 aliphatic heterocycles. The molecule has 2 rings (SSSR count). The molecule has 14 nitrogen and oxygen atoms in total. The van der Waals surface area contributed by atoms with Gasteiger partial charge in [-0.15, -0.1) is 0 Å². The van der Waals surface area contributed by atoms with Crippen LogP contribution in [0.3, 0.4) is 0 Å². The van der Waals surface area contributed by atoms with E-state index < -0.39 is 86.7 Å². The van der Waals surface area contributed by atoms with Crippen LogP contribution in [0.5, 0.6) is 0 Å². The molecule has 2 aliphatic rings. The van der Waals surface area contributed by atoms with Gasteiger partial charge in [0.15, 0.2) is 12.6 Å². The summed E-state index contributed by atoms with van der Waals surface area (Å²) in [7, 11) is 0. The first-order chi connectivity index (χ1) is 37.1. The number of aliphatic hydroxyl groups is 7. The molecule has 0 aromatic heterocycles. The van der Waals surface area contributed by atoms with Crippen molar-refractivity contribution < 1.29 is 69.0 Å². The molecule has 0 saturated carbocycles. The summed E-state index contributed by atoms with van der Waals surface area (Å²) in [6, 6.07) is 0. The van der Waals surface area contributed by atoms with E-state index in [-0.39, 0.29) is 19.6 Å². The number of rotatable bonds is 45. The van der Waals surface area contributed by atoms with Crippen molar-refractivity contribution in [3.63, 3.8) is 0 Å². The number of unbranched alkanes of at least 4 members (excludes halogenated alkanes) is 13. The van der Waals surface area contributed by atoms with Crippen LogP contribution in [0.2, 0.25) is 0 Å². The second-order valence-corrected chi connectivity index (χ2v) is 19.7. The Morgan fingerprint density at radius 3 is 1.34 bits per heavy atom. The van der Waals surface area contributed by atoms with E-state index in [9.17, 15) is 40.5 Å². The average molecular weight is 1070 g/mol. The molecule has 0 amide bonds. The van der Waals surface area contributed by atoms with Gasteiger partial charge in [-0.2, -0.15) is 0 Å².